The number of fused-ring (bicyclic) bond motifs is 1. The molecule has 1 aromatic carbocycles. The van der Waals surface area contributed by atoms with Crippen molar-refractivity contribution in [1.29, 1.82) is 0 Å². The summed E-state index contributed by atoms with van der Waals surface area (Å²) in [5.74, 6) is -6.12. The summed E-state index contributed by atoms with van der Waals surface area (Å²) >= 11 is 0. The Hall–Kier alpha value is -4.69. The van der Waals surface area contributed by atoms with E-state index in [1.54, 1.807) is 0 Å². The van der Waals surface area contributed by atoms with Gasteiger partial charge in [-0.2, -0.15) is 9.97 Å². The number of nitrogen functional groups attached to an aromatic ring is 2. The van der Waals surface area contributed by atoms with Crippen LogP contribution in [-0.4, -0.2) is 61.1 Å². The lowest BCUT2D eigenvalue weighted by Gasteiger charge is -2.21. The van der Waals surface area contributed by atoms with Crippen LogP contribution in [-0.2, 0) is 16.1 Å². The van der Waals surface area contributed by atoms with Gasteiger partial charge in [-0.3, -0.25) is 9.59 Å². The Kier molecular flexibility index (Phi) is 7.17. The highest BCUT2D eigenvalue weighted by molar-refractivity contribution is 5.97. The van der Waals surface area contributed by atoms with Gasteiger partial charge in [0.15, 0.2) is 17.0 Å². The second-order valence-electron chi connectivity index (χ2n) is 7.44. The van der Waals surface area contributed by atoms with Crippen molar-refractivity contribution < 1.29 is 33.4 Å². The van der Waals surface area contributed by atoms with Crippen molar-refractivity contribution in [2.75, 3.05) is 23.4 Å². The van der Waals surface area contributed by atoms with Gasteiger partial charge >= 0.3 is 11.9 Å². The van der Waals surface area contributed by atoms with E-state index >= 15 is 0 Å². The first-order valence-corrected chi connectivity index (χ1v) is 9.96. The van der Waals surface area contributed by atoms with Gasteiger partial charge in [0, 0.05) is 19.0 Å². The van der Waals surface area contributed by atoms with E-state index in [2.05, 4.69) is 25.3 Å². The molecule has 7 N–H and O–H groups in total. The number of carbonyl (C=O) groups is 3. The van der Waals surface area contributed by atoms with E-state index < -0.39 is 59.6 Å². The predicted molar refractivity (Wildman–Crippen MR) is 118 cm³/mol. The largest absolute Gasteiger partial charge is 0.481 e. The molecule has 15 heteroatoms. The number of hydrogen-bond donors (Lipinski definition) is 5. The molecule has 0 aliphatic rings. The summed E-state index contributed by atoms with van der Waals surface area (Å²) < 4.78 is 29.6. The van der Waals surface area contributed by atoms with E-state index in [-0.39, 0.29) is 35.2 Å². The summed E-state index contributed by atoms with van der Waals surface area (Å²) in [5, 5.41) is 19.9. The first kappa shape index (κ1) is 24.9. The molecule has 0 saturated heterocycles. The standard InChI is InChI=1S/C20H20F2N8O5/c1-30(7-9-6-25-17-14(26-9)16(23)28-20(24)29-17)15-10(21)4-8(5-11(15)22)18(33)27-12(19(34)35)2-3-13(31)32/h4-6,12H,2-3,7H2,1H3,(H,27,33)(H,31,32)(H,34,35)(H4,23,24,25,28,29). The molecule has 0 saturated carbocycles. The number of rotatable bonds is 9. The molecule has 1 unspecified atom stereocenters. The van der Waals surface area contributed by atoms with Gasteiger partial charge in [-0.1, -0.05) is 0 Å². The number of carboxylic acid groups (broad SMARTS) is 2. The van der Waals surface area contributed by atoms with Crippen molar-refractivity contribution in [3.8, 4) is 0 Å². The van der Waals surface area contributed by atoms with E-state index in [0.29, 0.717) is 0 Å². The third kappa shape index (κ3) is 5.82. The van der Waals surface area contributed by atoms with Crippen LogP contribution in [0.25, 0.3) is 11.2 Å². The normalized spacial score (nSPS) is 11.7. The third-order valence-electron chi connectivity index (χ3n) is 4.81. The number of anilines is 3. The van der Waals surface area contributed by atoms with Gasteiger partial charge < -0.3 is 31.9 Å². The van der Waals surface area contributed by atoms with E-state index in [1.165, 1.54) is 18.1 Å². The maximum Gasteiger partial charge on any atom is 0.326 e. The van der Waals surface area contributed by atoms with Crippen molar-refractivity contribution in [3.05, 3.63) is 41.2 Å². The summed E-state index contributed by atoms with van der Waals surface area (Å²) in [6.45, 7) is -0.109. The average molecular weight is 490 g/mol. The van der Waals surface area contributed by atoms with E-state index in [0.717, 1.165) is 12.1 Å². The fraction of sp³-hybridized carbons (Fsp3) is 0.250. The lowest BCUT2D eigenvalue weighted by molar-refractivity contribution is -0.140. The molecule has 1 amide bonds. The molecule has 0 aliphatic heterocycles. The molecule has 35 heavy (non-hydrogen) atoms. The van der Waals surface area contributed by atoms with Gasteiger partial charge in [0.25, 0.3) is 5.91 Å². The van der Waals surface area contributed by atoms with Crippen LogP contribution >= 0.6 is 0 Å². The molecule has 1 atom stereocenters. The number of carbonyl (C=O) groups excluding carboxylic acids is 1. The molecule has 0 fully saturated rings. The predicted octanol–water partition coefficient (Wildman–Crippen LogP) is 0.547. The number of nitrogens with zero attached hydrogens (tertiary/aromatic N) is 5. The highest BCUT2D eigenvalue weighted by Crippen LogP contribution is 2.26. The molecule has 184 valence electrons. The van der Waals surface area contributed by atoms with Gasteiger partial charge in [0.1, 0.15) is 23.4 Å². The number of nitrogens with two attached hydrogens (primary N) is 2. The minimum atomic E-state index is -1.55. The van der Waals surface area contributed by atoms with Gasteiger partial charge in [-0.25, -0.2) is 23.5 Å². The Morgan fingerprint density at radius 3 is 2.37 bits per heavy atom. The van der Waals surface area contributed by atoms with Crippen molar-refractivity contribution in [2.45, 2.75) is 25.4 Å². The monoisotopic (exact) mass is 490 g/mol. The Morgan fingerprint density at radius 1 is 1.11 bits per heavy atom. The molecular weight excluding hydrogens is 470 g/mol. The van der Waals surface area contributed by atoms with Gasteiger partial charge in [0.05, 0.1) is 18.4 Å². The zero-order valence-corrected chi connectivity index (χ0v) is 18.2. The second kappa shape index (κ2) is 10.1. The molecule has 13 nitrogen and oxygen atoms in total. The van der Waals surface area contributed by atoms with Crippen molar-refractivity contribution in [2.24, 2.45) is 0 Å². The number of amides is 1. The van der Waals surface area contributed by atoms with Crippen LogP contribution in [0.5, 0.6) is 0 Å². The van der Waals surface area contributed by atoms with E-state index in [4.69, 9.17) is 21.7 Å². The lowest BCUT2D eigenvalue weighted by Crippen LogP contribution is -2.41. The first-order valence-electron chi connectivity index (χ1n) is 9.96. The summed E-state index contributed by atoms with van der Waals surface area (Å²) in [5.41, 5.74) is 10.9. The van der Waals surface area contributed by atoms with E-state index in [9.17, 15) is 23.2 Å². The van der Waals surface area contributed by atoms with Crippen molar-refractivity contribution in [3.63, 3.8) is 0 Å². The van der Waals surface area contributed by atoms with Crippen LogP contribution in [0.4, 0.5) is 26.2 Å². The minimum Gasteiger partial charge on any atom is -0.481 e. The maximum absolute atomic E-state index is 14.8. The fourth-order valence-electron chi connectivity index (χ4n) is 3.21. The molecule has 3 rings (SSSR count). The molecule has 0 radical (unpaired) electrons. The number of benzene rings is 1. The third-order valence-corrected chi connectivity index (χ3v) is 4.81. The number of aromatic nitrogens is 4. The molecule has 0 spiro atoms. The zero-order chi connectivity index (χ0) is 25.9. The van der Waals surface area contributed by atoms with Crippen molar-refractivity contribution >= 4 is 46.5 Å². The van der Waals surface area contributed by atoms with Crippen LogP contribution < -0.4 is 21.7 Å². The van der Waals surface area contributed by atoms with Gasteiger partial charge in [-0.05, 0) is 18.6 Å². The Bertz CT molecular complexity index is 1300. The molecule has 2 heterocycles. The average Bonchev–Trinajstić information content (AvgIpc) is 2.75. The highest BCUT2D eigenvalue weighted by Gasteiger charge is 2.24. The van der Waals surface area contributed by atoms with Crippen molar-refractivity contribution in [1.82, 2.24) is 25.3 Å². The lowest BCUT2D eigenvalue weighted by atomic mass is 10.1. The Balaban J connectivity index is 1.80. The summed E-state index contributed by atoms with van der Waals surface area (Å²) in [4.78, 5) is 51.5. The zero-order valence-electron chi connectivity index (χ0n) is 18.2. The first-order chi connectivity index (χ1) is 16.5. The number of carboxylic acids is 2. The number of hydrogen-bond acceptors (Lipinski definition) is 10. The highest BCUT2D eigenvalue weighted by atomic mass is 19.1. The Labute approximate surface area is 195 Å². The molecular formula is C20H20F2N8O5. The van der Waals surface area contributed by atoms with Crippen LogP contribution in [0.15, 0.2) is 18.3 Å². The molecule has 2 aromatic heterocycles. The van der Waals surface area contributed by atoms with Gasteiger partial charge in [0.2, 0.25) is 5.95 Å². The minimum absolute atomic E-state index is 0.0137. The van der Waals surface area contributed by atoms with Crippen LogP contribution in [0, 0.1) is 11.6 Å². The fourth-order valence-corrected chi connectivity index (χ4v) is 3.21. The summed E-state index contributed by atoms with van der Waals surface area (Å²) in [6.07, 6.45) is 0.398. The number of halogens is 2. The topological polar surface area (TPSA) is 211 Å². The summed E-state index contributed by atoms with van der Waals surface area (Å²) in [7, 11) is 1.38. The number of nitrogens with one attached hydrogen (secondary N) is 1. The maximum atomic E-state index is 14.8. The second-order valence-corrected chi connectivity index (χ2v) is 7.44. The van der Waals surface area contributed by atoms with Gasteiger partial charge in [-0.15, -0.1) is 0 Å². The van der Waals surface area contributed by atoms with E-state index in [1.807, 2.05) is 0 Å². The smallest absolute Gasteiger partial charge is 0.326 e. The van der Waals surface area contributed by atoms with Crippen LogP contribution in [0.3, 0.4) is 0 Å². The summed E-state index contributed by atoms with van der Waals surface area (Å²) in [6, 6.07) is -0.0764. The SMILES string of the molecule is CN(Cc1cnc2nc(N)nc(N)c2n1)c1c(F)cc(C(=O)NC(CCC(=O)O)C(=O)O)cc1F. The van der Waals surface area contributed by atoms with Crippen LogP contribution in [0.1, 0.15) is 28.9 Å². The Morgan fingerprint density at radius 2 is 1.77 bits per heavy atom. The molecule has 0 aliphatic carbocycles. The number of aliphatic carboxylic acids is 2. The molecule has 0 bridgehead atoms. The quantitative estimate of drug-likeness (QED) is 0.278. The van der Waals surface area contributed by atoms with Crippen LogP contribution in [0.2, 0.25) is 0 Å². The molecule has 3 aromatic rings.